The van der Waals surface area contributed by atoms with E-state index < -0.39 is 108 Å². The van der Waals surface area contributed by atoms with Crippen LogP contribution in [0.5, 0.6) is 5.75 Å². The number of ketones is 2. The van der Waals surface area contributed by atoms with E-state index in [2.05, 4.69) is 38.5 Å². The number of epoxide rings is 1. The van der Waals surface area contributed by atoms with Gasteiger partial charge < -0.3 is 69.9 Å². The monoisotopic (exact) mass is 1400 g/mol. The second-order valence-corrected chi connectivity index (χ2v) is 26.2. The summed E-state index contributed by atoms with van der Waals surface area (Å²) in [7, 11) is 7.30. The summed E-state index contributed by atoms with van der Waals surface area (Å²) in [4.78, 5) is 137. The molecule has 3 heterocycles. The molecular formula is C68H95BrClN7O17. The molecule has 0 aliphatic carbocycles. The van der Waals surface area contributed by atoms with Crippen molar-refractivity contribution in [3.8, 4) is 5.75 Å². The van der Waals surface area contributed by atoms with Gasteiger partial charge in [-0.05, 0) is 87.6 Å². The number of primary amides is 1. The molecule has 2 fully saturated rings. The van der Waals surface area contributed by atoms with Crippen molar-refractivity contribution < 1.29 is 81.5 Å². The number of nitrogens with one attached hydrogen (secondary N) is 3. The third-order valence-electron chi connectivity index (χ3n) is 17.7. The molecule has 7 amide bonds. The van der Waals surface area contributed by atoms with Crippen molar-refractivity contribution in [1.29, 1.82) is 0 Å². The summed E-state index contributed by atoms with van der Waals surface area (Å²) in [6.45, 7) is 14.5. The van der Waals surface area contributed by atoms with Gasteiger partial charge in [0.1, 0.15) is 58.7 Å². The number of halogens is 2. The minimum atomic E-state index is -1.66. The number of carbonyl (C=O) groups excluding carboxylic acids is 10. The number of fused-ring (bicyclic) bond motifs is 5. The Kier molecular flexibility index (Phi) is 29.7. The Balaban J connectivity index is 1.18. The number of hydrogen-bond donors (Lipinski definition) is 5. The molecule has 2 saturated heterocycles. The number of allylic oxidation sites excluding steroid dienone is 3. The van der Waals surface area contributed by atoms with Crippen LogP contribution in [0.15, 0.2) is 72.4 Å². The molecule has 3 aliphatic heterocycles. The standard InChI is InChI=1S/C68H95BrClN7O17/c1-40(2)49(34-48(78)19-14-13-15-27-72-62(83)42(4)38-69)63(84)74-50(20-17-28-73-65(71)86)52(79)32-45-22-24-46(25-23-45)39-91-66(87)75(8)29-26-57(80)76(9)44(6)64(85)93-56-35-58(81)77(10)51-31-47(33-53(89-11)60(51)70)30-41(3)18-16-21-55(90-12)68(88)36-54(92-59(82)37-68)43(5)61-67(56,7)94-61/h16,18,21-25,31,33,40,43-44,49-50,54-56,61,88H,4,13-15,17,19-20,26-30,32,34-39H2,1-3,5-12H3,(H,72,83)(H,74,84)(H3,71,73,86)/b21-16+,41-18+/t43-,44+,49+,50+,54+,55-,56-,61+,67+,68-/m1/s1. The van der Waals surface area contributed by atoms with Crippen LogP contribution in [0.2, 0.25) is 5.02 Å². The van der Waals surface area contributed by atoms with Crippen molar-refractivity contribution in [2.24, 2.45) is 23.5 Å². The summed E-state index contributed by atoms with van der Waals surface area (Å²) < 4.78 is 35.3. The lowest BCUT2D eigenvalue weighted by molar-refractivity contribution is -0.187. The van der Waals surface area contributed by atoms with Gasteiger partial charge in [-0.3, -0.25) is 33.6 Å². The zero-order chi connectivity index (χ0) is 69.8. The van der Waals surface area contributed by atoms with Crippen LogP contribution in [-0.2, 0) is 81.5 Å². The van der Waals surface area contributed by atoms with Crippen LogP contribution in [0, 0.1) is 17.8 Å². The van der Waals surface area contributed by atoms with E-state index >= 15 is 0 Å². The fourth-order valence-corrected chi connectivity index (χ4v) is 12.0. The van der Waals surface area contributed by atoms with Gasteiger partial charge in [0, 0.05) is 103 Å². The molecule has 94 heavy (non-hydrogen) atoms. The van der Waals surface area contributed by atoms with Crippen LogP contribution in [0.1, 0.15) is 129 Å². The number of anilines is 1. The molecule has 0 spiro atoms. The zero-order valence-electron chi connectivity index (χ0n) is 56.0. The molecule has 2 aromatic rings. The molecule has 10 atom stereocenters. The number of aliphatic hydroxyl groups is 1. The molecule has 2 aromatic carbocycles. The molecule has 24 nitrogen and oxygen atoms in total. The second-order valence-electron chi connectivity index (χ2n) is 25.3. The summed E-state index contributed by atoms with van der Waals surface area (Å²) in [6, 6.07) is 7.41. The van der Waals surface area contributed by atoms with Gasteiger partial charge in [-0.1, -0.05) is 109 Å². The topological polar surface area (TPSA) is 321 Å². The van der Waals surface area contributed by atoms with Crippen LogP contribution in [0.3, 0.4) is 0 Å². The number of urea groups is 1. The minimum absolute atomic E-state index is 0.00724. The van der Waals surface area contributed by atoms with E-state index in [9.17, 15) is 53.1 Å². The Morgan fingerprint density at radius 1 is 0.968 bits per heavy atom. The third-order valence-corrected chi connectivity index (χ3v) is 18.7. The Labute approximate surface area is 564 Å². The van der Waals surface area contributed by atoms with Crippen molar-refractivity contribution in [2.75, 3.05) is 65.2 Å². The number of amides is 7. The van der Waals surface area contributed by atoms with E-state index in [0.29, 0.717) is 72.1 Å². The number of hydrogen-bond acceptors (Lipinski definition) is 17. The third kappa shape index (κ3) is 22.2. The number of benzene rings is 2. The first-order valence-corrected chi connectivity index (χ1v) is 33.3. The molecule has 518 valence electrons. The summed E-state index contributed by atoms with van der Waals surface area (Å²) in [6.07, 6.45) is 2.85. The number of Topliss-reactive ketones (excluding diaryl/α,β-unsaturated/α-hetero) is 2. The number of nitrogens with zero attached hydrogens (tertiary/aromatic N) is 3. The first kappa shape index (κ1) is 77.5. The first-order chi connectivity index (χ1) is 44.4. The summed E-state index contributed by atoms with van der Waals surface area (Å²) in [5.41, 5.74) is 5.87. The van der Waals surface area contributed by atoms with E-state index in [1.165, 1.54) is 57.0 Å². The van der Waals surface area contributed by atoms with E-state index in [4.69, 9.17) is 45.8 Å². The molecule has 0 radical (unpaired) electrons. The van der Waals surface area contributed by atoms with Gasteiger partial charge in [0.15, 0.2) is 5.78 Å². The summed E-state index contributed by atoms with van der Waals surface area (Å²) >= 11 is 10.1. The molecule has 0 saturated carbocycles. The molecule has 26 heteroatoms. The summed E-state index contributed by atoms with van der Waals surface area (Å²) in [5, 5.41) is 20.7. The number of rotatable bonds is 30. The lowest BCUT2D eigenvalue weighted by Gasteiger charge is -2.41. The Morgan fingerprint density at radius 2 is 1.65 bits per heavy atom. The maximum Gasteiger partial charge on any atom is 0.409 e. The molecule has 4 bridgehead atoms. The Morgan fingerprint density at radius 3 is 2.30 bits per heavy atom. The van der Waals surface area contributed by atoms with Gasteiger partial charge >= 0.3 is 24.1 Å². The number of likely N-dealkylation sites (N-methyl/N-ethyl adjacent to an activating group) is 1. The molecule has 5 rings (SSSR count). The largest absolute Gasteiger partial charge is 0.495 e. The van der Waals surface area contributed by atoms with E-state index in [-0.39, 0.29) is 93.1 Å². The fraction of sp³-hybridized carbons (Fsp3) is 0.588. The average molecular weight is 1400 g/mol. The molecular weight excluding hydrogens is 1300 g/mol. The number of ether oxygens (including phenoxy) is 6. The predicted octanol–water partition coefficient (Wildman–Crippen LogP) is 7.33. The van der Waals surface area contributed by atoms with Crippen molar-refractivity contribution >= 4 is 92.5 Å². The fourth-order valence-electron chi connectivity index (χ4n) is 11.4. The smallest absolute Gasteiger partial charge is 0.409 e. The average Bonchev–Trinajstić information content (AvgIpc) is 1.57. The van der Waals surface area contributed by atoms with E-state index in [1.54, 1.807) is 62.4 Å². The SMILES string of the molecule is C=C(CBr)C(=O)NCCCCCC(=O)C[C@H](C(=O)N[C@@H](CCCNC(N)=O)C(=O)Cc1ccc(COC(=O)N(C)CCC(=O)N(C)[C@@H](C)C(=O)O[C@@H]2CC(=O)N(C)c3cc(cc(OC)c3Cl)C/C(C)=C/C=C/[C@@H](OC)[C@]3(O)CC(=O)O[C@@H](C3)[C@@H](C)[C@@H]3O[C@@]23C)cc1)C(C)C. The van der Waals surface area contributed by atoms with Gasteiger partial charge in [-0.25, -0.2) is 14.4 Å². The van der Waals surface area contributed by atoms with E-state index in [1.807, 2.05) is 26.8 Å². The molecule has 6 N–H and O–H groups in total. The maximum absolute atomic E-state index is 14.5. The van der Waals surface area contributed by atoms with Gasteiger partial charge in [0.25, 0.3) is 0 Å². The predicted molar refractivity (Wildman–Crippen MR) is 356 cm³/mol. The number of unbranched alkanes of at least 4 members (excludes halogenated alkanes) is 2. The van der Waals surface area contributed by atoms with Crippen molar-refractivity contribution in [3.05, 3.63) is 94.1 Å². The van der Waals surface area contributed by atoms with Gasteiger partial charge in [0.05, 0.1) is 37.8 Å². The lowest BCUT2D eigenvalue weighted by Crippen LogP contribution is -2.53. The van der Waals surface area contributed by atoms with Crippen molar-refractivity contribution in [2.45, 2.75) is 179 Å². The molecule has 0 unspecified atom stereocenters. The highest BCUT2D eigenvalue weighted by Gasteiger charge is 2.64. The Hall–Kier alpha value is -7.19. The van der Waals surface area contributed by atoms with Crippen LogP contribution in [-0.4, -0.2) is 182 Å². The van der Waals surface area contributed by atoms with Crippen LogP contribution in [0.4, 0.5) is 15.3 Å². The van der Waals surface area contributed by atoms with Crippen LogP contribution >= 0.6 is 27.5 Å². The number of methoxy groups -OCH3 is 2. The highest BCUT2D eigenvalue weighted by molar-refractivity contribution is 9.09. The van der Waals surface area contributed by atoms with Crippen molar-refractivity contribution in [3.63, 3.8) is 0 Å². The van der Waals surface area contributed by atoms with Gasteiger partial charge in [0.2, 0.25) is 23.6 Å². The second kappa shape index (κ2) is 36.1. The van der Waals surface area contributed by atoms with Gasteiger partial charge in [-0.2, -0.15) is 0 Å². The lowest BCUT2D eigenvalue weighted by atomic mass is 9.78. The highest BCUT2D eigenvalue weighted by Crippen LogP contribution is 2.50. The number of nitrogens with two attached hydrogens (primary N) is 1. The number of carbonyl (C=O) groups is 10. The Bertz CT molecular complexity index is 3130. The van der Waals surface area contributed by atoms with E-state index in [0.717, 1.165) is 11.1 Å². The quantitative estimate of drug-likeness (QED) is 0.0128. The van der Waals surface area contributed by atoms with Gasteiger partial charge in [-0.15, -0.1) is 0 Å². The summed E-state index contributed by atoms with van der Waals surface area (Å²) in [5.74, 6) is -4.78. The normalized spacial score (nSPS) is 23.1. The number of esters is 2. The first-order valence-electron chi connectivity index (χ1n) is 31.8. The molecule has 3 aliphatic rings. The van der Waals surface area contributed by atoms with Crippen LogP contribution < -0.4 is 31.3 Å². The maximum atomic E-state index is 14.5. The van der Waals surface area contributed by atoms with Crippen LogP contribution in [0.25, 0.3) is 0 Å². The minimum Gasteiger partial charge on any atom is -0.495 e. The highest BCUT2D eigenvalue weighted by atomic mass is 79.9. The number of alkyl halides is 1. The zero-order valence-corrected chi connectivity index (χ0v) is 58.3. The van der Waals surface area contributed by atoms with Crippen molar-refractivity contribution in [1.82, 2.24) is 25.8 Å². The molecule has 0 aromatic heterocycles.